The quantitative estimate of drug-likeness (QED) is 0.814. The molecule has 3 rings (SSSR count). The molecule has 0 bridgehead atoms. The van der Waals surface area contributed by atoms with E-state index in [0.29, 0.717) is 23.5 Å². The lowest BCUT2D eigenvalue weighted by Crippen LogP contribution is -2.31. The van der Waals surface area contributed by atoms with Gasteiger partial charge in [-0.1, -0.05) is 24.3 Å². The number of aromatic nitrogens is 1. The van der Waals surface area contributed by atoms with Crippen LogP contribution in [0.4, 0.5) is 10.2 Å². The number of fused-ring (bicyclic) bond motifs is 1. The van der Waals surface area contributed by atoms with Crippen LogP contribution in [0, 0.1) is 5.82 Å². The number of hydrogen-bond donors (Lipinski definition) is 0. The average molecular weight is 313 g/mol. The van der Waals surface area contributed by atoms with Gasteiger partial charge in [-0.2, -0.15) is 5.10 Å². The minimum absolute atomic E-state index is 0.194. The van der Waals surface area contributed by atoms with Gasteiger partial charge in [0.25, 0.3) is 0 Å². The molecule has 0 spiro atoms. The van der Waals surface area contributed by atoms with Crippen molar-refractivity contribution in [3.63, 3.8) is 0 Å². The summed E-state index contributed by atoms with van der Waals surface area (Å²) in [5.41, 5.74) is 1.64. The second-order valence-corrected chi connectivity index (χ2v) is 5.08. The molecular formula is C17H16FN3O2. The van der Waals surface area contributed by atoms with Crippen LogP contribution in [0.3, 0.4) is 0 Å². The molecule has 5 nitrogen and oxygen atoms in total. The van der Waals surface area contributed by atoms with Gasteiger partial charge in [-0.05, 0) is 19.1 Å². The maximum Gasteiger partial charge on any atom is 0.354 e. The molecule has 1 aromatic heterocycles. The smallest absolute Gasteiger partial charge is 0.354 e. The van der Waals surface area contributed by atoms with E-state index < -0.39 is 5.97 Å². The van der Waals surface area contributed by atoms with Gasteiger partial charge in [-0.3, -0.25) is 0 Å². The molecule has 0 radical (unpaired) electrons. The minimum Gasteiger partial charge on any atom is -0.461 e. The number of carbonyl (C=O) groups excluding carboxylic acids is 1. The lowest BCUT2D eigenvalue weighted by molar-refractivity contribution is -0.135. The van der Waals surface area contributed by atoms with Gasteiger partial charge < -0.3 is 4.74 Å². The summed E-state index contributed by atoms with van der Waals surface area (Å²) >= 11 is 0. The highest BCUT2D eigenvalue weighted by Crippen LogP contribution is 2.26. The van der Waals surface area contributed by atoms with Gasteiger partial charge in [0.1, 0.15) is 5.82 Å². The van der Waals surface area contributed by atoms with Gasteiger partial charge in [0, 0.05) is 23.7 Å². The molecule has 6 heteroatoms. The van der Waals surface area contributed by atoms with Crippen LogP contribution in [-0.4, -0.2) is 23.3 Å². The number of rotatable bonds is 4. The van der Waals surface area contributed by atoms with Crippen LogP contribution in [0.1, 0.15) is 18.1 Å². The molecule has 0 amide bonds. The molecule has 118 valence electrons. The Labute approximate surface area is 133 Å². The Kier molecular flexibility index (Phi) is 4.32. The first-order valence-corrected chi connectivity index (χ1v) is 7.38. The summed E-state index contributed by atoms with van der Waals surface area (Å²) in [4.78, 5) is 16.3. The molecule has 1 aromatic carbocycles. The van der Waals surface area contributed by atoms with Crippen LogP contribution in [0.2, 0.25) is 0 Å². The normalized spacial score (nSPS) is 13.3. The SMILES string of the molecule is CCOC(=O)C1=NN(Cc2ccccc2F)c2ncccc2C1. The molecule has 2 heterocycles. The Morgan fingerprint density at radius 1 is 1.30 bits per heavy atom. The molecule has 2 aromatic rings. The monoisotopic (exact) mass is 313 g/mol. The van der Waals surface area contributed by atoms with Crippen LogP contribution in [0.5, 0.6) is 0 Å². The molecule has 0 N–H and O–H groups in total. The third-order valence-corrected chi connectivity index (χ3v) is 3.50. The van der Waals surface area contributed by atoms with Crippen molar-refractivity contribution in [3.05, 3.63) is 59.5 Å². The molecule has 23 heavy (non-hydrogen) atoms. The average Bonchev–Trinajstić information content (AvgIpc) is 2.57. The van der Waals surface area contributed by atoms with E-state index in [1.165, 1.54) is 6.07 Å². The maximum atomic E-state index is 13.9. The lowest BCUT2D eigenvalue weighted by Gasteiger charge is -2.26. The van der Waals surface area contributed by atoms with Crippen molar-refractivity contribution in [2.45, 2.75) is 19.9 Å². The first-order chi connectivity index (χ1) is 11.2. The Bertz CT molecular complexity index is 761. The molecule has 0 unspecified atom stereocenters. The predicted molar refractivity (Wildman–Crippen MR) is 84.6 cm³/mol. The molecular weight excluding hydrogens is 297 g/mol. The number of ether oxygens (including phenoxy) is 1. The van der Waals surface area contributed by atoms with Gasteiger partial charge >= 0.3 is 5.97 Å². The third kappa shape index (κ3) is 3.21. The molecule has 1 aliphatic rings. The number of pyridine rings is 1. The minimum atomic E-state index is -0.458. The first kappa shape index (κ1) is 15.1. The number of carbonyl (C=O) groups is 1. The number of esters is 1. The summed E-state index contributed by atoms with van der Waals surface area (Å²) in [5.74, 6) is -0.146. The second-order valence-electron chi connectivity index (χ2n) is 5.08. The van der Waals surface area contributed by atoms with E-state index in [1.54, 1.807) is 42.4 Å². The zero-order valence-electron chi connectivity index (χ0n) is 12.7. The van der Waals surface area contributed by atoms with Crippen LogP contribution in [-0.2, 0) is 22.5 Å². The summed E-state index contributed by atoms with van der Waals surface area (Å²) < 4.78 is 18.9. The van der Waals surface area contributed by atoms with Crippen molar-refractivity contribution in [1.29, 1.82) is 0 Å². The largest absolute Gasteiger partial charge is 0.461 e. The van der Waals surface area contributed by atoms with Crippen molar-refractivity contribution in [2.24, 2.45) is 5.10 Å². The summed E-state index contributed by atoms with van der Waals surface area (Å²) in [5, 5.41) is 5.87. The molecule has 0 saturated heterocycles. The number of hydrazone groups is 1. The van der Waals surface area contributed by atoms with Crippen molar-refractivity contribution < 1.29 is 13.9 Å². The standard InChI is InChI=1S/C17H16FN3O2/c1-2-23-17(22)15-10-12-7-5-9-19-16(12)21(20-15)11-13-6-3-4-8-14(13)18/h3-9H,2,10-11H2,1H3. The number of benzene rings is 1. The predicted octanol–water partition coefficient (Wildman–Crippen LogP) is 2.70. The Balaban J connectivity index is 1.95. The van der Waals surface area contributed by atoms with E-state index in [1.807, 2.05) is 6.07 Å². The fourth-order valence-corrected chi connectivity index (χ4v) is 2.44. The fourth-order valence-electron chi connectivity index (χ4n) is 2.44. The molecule has 0 aliphatic carbocycles. The van der Waals surface area contributed by atoms with Gasteiger partial charge in [0.2, 0.25) is 0 Å². The van der Waals surface area contributed by atoms with Crippen molar-refractivity contribution in [1.82, 2.24) is 4.98 Å². The number of anilines is 1. The van der Waals surface area contributed by atoms with Gasteiger partial charge in [0.05, 0.1) is 13.2 Å². The van der Waals surface area contributed by atoms with E-state index in [4.69, 9.17) is 4.74 Å². The van der Waals surface area contributed by atoms with Crippen molar-refractivity contribution >= 4 is 17.5 Å². The summed E-state index contributed by atoms with van der Waals surface area (Å²) in [6.07, 6.45) is 2.01. The number of halogens is 1. The molecule has 1 aliphatic heterocycles. The molecule has 0 fully saturated rings. The molecule has 0 atom stereocenters. The van der Waals surface area contributed by atoms with Gasteiger partial charge in [0.15, 0.2) is 11.5 Å². The number of nitrogens with zero attached hydrogens (tertiary/aromatic N) is 3. The van der Waals surface area contributed by atoms with Gasteiger partial charge in [-0.25, -0.2) is 19.2 Å². The Morgan fingerprint density at radius 3 is 2.91 bits per heavy atom. The Morgan fingerprint density at radius 2 is 2.13 bits per heavy atom. The van der Waals surface area contributed by atoms with E-state index in [0.717, 1.165) is 5.56 Å². The summed E-state index contributed by atoms with van der Waals surface area (Å²) in [7, 11) is 0. The van der Waals surface area contributed by atoms with Crippen LogP contribution < -0.4 is 5.01 Å². The van der Waals surface area contributed by atoms with Crippen LogP contribution in [0.25, 0.3) is 0 Å². The second kappa shape index (κ2) is 6.56. The zero-order chi connectivity index (χ0) is 16.2. The topological polar surface area (TPSA) is 54.8 Å². The third-order valence-electron chi connectivity index (χ3n) is 3.50. The summed E-state index contributed by atoms with van der Waals surface area (Å²) in [6.45, 7) is 2.22. The highest BCUT2D eigenvalue weighted by molar-refractivity contribution is 6.37. The van der Waals surface area contributed by atoms with Crippen molar-refractivity contribution in [3.8, 4) is 0 Å². The van der Waals surface area contributed by atoms with E-state index in [-0.39, 0.29) is 19.0 Å². The number of hydrogen-bond acceptors (Lipinski definition) is 5. The zero-order valence-corrected chi connectivity index (χ0v) is 12.7. The van der Waals surface area contributed by atoms with E-state index in [9.17, 15) is 9.18 Å². The van der Waals surface area contributed by atoms with E-state index >= 15 is 0 Å². The lowest BCUT2D eigenvalue weighted by atomic mass is 10.1. The molecule has 0 saturated carbocycles. The fraction of sp³-hybridized carbons (Fsp3) is 0.235. The first-order valence-electron chi connectivity index (χ1n) is 7.38. The Hall–Kier alpha value is -2.76. The van der Waals surface area contributed by atoms with E-state index in [2.05, 4.69) is 10.1 Å². The highest BCUT2D eigenvalue weighted by atomic mass is 19.1. The van der Waals surface area contributed by atoms with Crippen molar-refractivity contribution in [2.75, 3.05) is 11.6 Å². The van der Waals surface area contributed by atoms with Crippen LogP contribution >= 0.6 is 0 Å². The van der Waals surface area contributed by atoms with Crippen LogP contribution in [0.15, 0.2) is 47.7 Å². The van der Waals surface area contributed by atoms with Gasteiger partial charge in [-0.15, -0.1) is 0 Å². The summed E-state index contributed by atoms with van der Waals surface area (Å²) in [6, 6.07) is 10.2. The maximum absolute atomic E-state index is 13.9. The highest BCUT2D eigenvalue weighted by Gasteiger charge is 2.25.